The number of aromatic nitrogens is 2. The molecule has 1 aliphatic rings. The average molecular weight is 285 g/mol. The van der Waals surface area contributed by atoms with Crippen molar-refractivity contribution in [3.8, 4) is 0 Å². The highest BCUT2D eigenvalue weighted by molar-refractivity contribution is 5.18. The molecule has 2 unspecified atom stereocenters. The lowest BCUT2D eigenvalue weighted by Crippen LogP contribution is -2.37. The molecule has 21 heavy (non-hydrogen) atoms. The lowest BCUT2D eigenvalue weighted by atomic mass is 9.84. The standard InChI is InChI=1S/C17H23N3O/c1-2-18-15-11-7-6-10-14(15)17-19-16(20-21-17)12-13-8-4-3-5-9-13/h3-5,8-9,14-15,18H,2,6-7,10-12H2,1H3. The third kappa shape index (κ3) is 3.50. The first-order valence-corrected chi connectivity index (χ1v) is 7.96. The molecule has 0 radical (unpaired) electrons. The number of nitrogens with one attached hydrogen (secondary N) is 1. The Morgan fingerprint density at radius 3 is 2.81 bits per heavy atom. The fraction of sp³-hybridized carbons (Fsp3) is 0.529. The van der Waals surface area contributed by atoms with Crippen LogP contribution in [-0.2, 0) is 6.42 Å². The van der Waals surface area contributed by atoms with Crippen molar-refractivity contribution in [2.24, 2.45) is 0 Å². The van der Waals surface area contributed by atoms with Gasteiger partial charge in [0, 0.05) is 12.5 Å². The summed E-state index contributed by atoms with van der Waals surface area (Å²) >= 11 is 0. The molecule has 1 aliphatic carbocycles. The molecule has 1 aromatic carbocycles. The minimum Gasteiger partial charge on any atom is -0.339 e. The van der Waals surface area contributed by atoms with Gasteiger partial charge in [-0.05, 0) is 24.9 Å². The number of hydrogen-bond acceptors (Lipinski definition) is 4. The van der Waals surface area contributed by atoms with Crippen LogP contribution in [0, 0.1) is 0 Å². The first-order chi connectivity index (χ1) is 10.4. The summed E-state index contributed by atoms with van der Waals surface area (Å²) in [6, 6.07) is 10.8. The minimum atomic E-state index is 0.371. The molecule has 2 aromatic rings. The molecule has 1 saturated carbocycles. The van der Waals surface area contributed by atoms with E-state index in [0.717, 1.165) is 31.1 Å². The second-order valence-corrected chi connectivity index (χ2v) is 5.77. The van der Waals surface area contributed by atoms with Crippen molar-refractivity contribution in [1.29, 1.82) is 0 Å². The molecule has 2 atom stereocenters. The second-order valence-electron chi connectivity index (χ2n) is 5.77. The molecular formula is C17H23N3O. The van der Waals surface area contributed by atoms with Crippen LogP contribution in [0.2, 0.25) is 0 Å². The van der Waals surface area contributed by atoms with E-state index in [1.165, 1.54) is 24.8 Å². The van der Waals surface area contributed by atoms with Crippen molar-refractivity contribution in [3.63, 3.8) is 0 Å². The Balaban J connectivity index is 1.71. The van der Waals surface area contributed by atoms with Gasteiger partial charge in [0.05, 0.1) is 5.92 Å². The van der Waals surface area contributed by atoms with Gasteiger partial charge in [-0.1, -0.05) is 55.3 Å². The van der Waals surface area contributed by atoms with Crippen molar-refractivity contribution < 1.29 is 4.52 Å². The van der Waals surface area contributed by atoms with E-state index in [9.17, 15) is 0 Å². The zero-order chi connectivity index (χ0) is 14.5. The average Bonchev–Trinajstić information content (AvgIpc) is 2.97. The number of rotatable bonds is 5. The fourth-order valence-corrected chi connectivity index (χ4v) is 3.20. The van der Waals surface area contributed by atoms with Gasteiger partial charge in [0.25, 0.3) is 0 Å². The van der Waals surface area contributed by atoms with Gasteiger partial charge in [-0.2, -0.15) is 4.98 Å². The SMILES string of the molecule is CCNC1CCCCC1c1nc(Cc2ccccc2)no1. The monoisotopic (exact) mass is 285 g/mol. The Kier molecular flexibility index (Phi) is 4.65. The summed E-state index contributed by atoms with van der Waals surface area (Å²) in [5.41, 5.74) is 1.22. The molecule has 3 rings (SSSR count). The molecule has 112 valence electrons. The molecule has 0 bridgehead atoms. The molecule has 4 heteroatoms. The summed E-state index contributed by atoms with van der Waals surface area (Å²) < 4.78 is 5.55. The number of hydrogen-bond donors (Lipinski definition) is 1. The Hall–Kier alpha value is -1.68. The molecule has 1 aromatic heterocycles. The van der Waals surface area contributed by atoms with Crippen molar-refractivity contribution >= 4 is 0 Å². The van der Waals surface area contributed by atoms with E-state index in [2.05, 4.69) is 34.5 Å². The first-order valence-electron chi connectivity index (χ1n) is 7.96. The van der Waals surface area contributed by atoms with Gasteiger partial charge in [-0.3, -0.25) is 0 Å². The van der Waals surface area contributed by atoms with Crippen molar-refractivity contribution in [2.75, 3.05) is 6.54 Å². The van der Waals surface area contributed by atoms with Gasteiger partial charge in [0.1, 0.15) is 0 Å². The van der Waals surface area contributed by atoms with Crippen LogP contribution in [0.5, 0.6) is 0 Å². The largest absolute Gasteiger partial charge is 0.339 e. The lowest BCUT2D eigenvalue weighted by Gasteiger charge is -2.29. The third-order valence-corrected chi connectivity index (χ3v) is 4.24. The highest BCUT2D eigenvalue weighted by Crippen LogP contribution is 2.32. The molecule has 1 N–H and O–H groups in total. The maximum Gasteiger partial charge on any atom is 0.231 e. The van der Waals surface area contributed by atoms with Gasteiger partial charge in [0.2, 0.25) is 5.89 Å². The van der Waals surface area contributed by atoms with Gasteiger partial charge in [-0.25, -0.2) is 0 Å². The normalized spacial score (nSPS) is 22.3. The maximum absolute atomic E-state index is 5.55. The summed E-state index contributed by atoms with van der Waals surface area (Å²) in [4.78, 5) is 4.64. The second kappa shape index (κ2) is 6.85. The highest BCUT2D eigenvalue weighted by Gasteiger charge is 2.30. The minimum absolute atomic E-state index is 0.371. The summed E-state index contributed by atoms with van der Waals surface area (Å²) in [7, 11) is 0. The quantitative estimate of drug-likeness (QED) is 0.916. The molecule has 0 saturated heterocycles. The predicted octanol–water partition coefficient (Wildman–Crippen LogP) is 3.30. The molecular weight excluding hydrogens is 262 g/mol. The molecule has 1 fully saturated rings. The summed E-state index contributed by atoms with van der Waals surface area (Å²) in [5, 5.41) is 7.73. The smallest absolute Gasteiger partial charge is 0.231 e. The van der Waals surface area contributed by atoms with Gasteiger partial charge in [-0.15, -0.1) is 0 Å². The van der Waals surface area contributed by atoms with Gasteiger partial charge < -0.3 is 9.84 Å². The van der Waals surface area contributed by atoms with E-state index in [4.69, 9.17) is 4.52 Å². The van der Waals surface area contributed by atoms with Crippen molar-refractivity contribution in [3.05, 3.63) is 47.6 Å². The number of benzene rings is 1. The van der Waals surface area contributed by atoms with Crippen LogP contribution < -0.4 is 5.32 Å². The predicted molar refractivity (Wildman–Crippen MR) is 82.2 cm³/mol. The van der Waals surface area contributed by atoms with Crippen LogP contribution >= 0.6 is 0 Å². The van der Waals surface area contributed by atoms with E-state index in [1.807, 2.05) is 18.2 Å². The van der Waals surface area contributed by atoms with E-state index in [1.54, 1.807) is 0 Å². The van der Waals surface area contributed by atoms with E-state index < -0.39 is 0 Å². The van der Waals surface area contributed by atoms with E-state index >= 15 is 0 Å². The topological polar surface area (TPSA) is 51.0 Å². The third-order valence-electron chi connectivity index (χ3n) is 4.24. The van der Waals surface area contributed by atoms with Crippen molar-refractivity contribution in [1.82, 2.24) is 15.5 Å². The Morgan fingerprint density at radius 1 is 1.19 bits per heavy atom. The zero-order valence-corrected chi connectivity index (χ0v) is 12.6. The molecule has 1 heterocycles. The summed E-state index contributed by atoms with van der Waals surface area (Å²) in [5.74, 6) is 1.97. The van der Waals surface area contributed by atoms with Crippen LogP contribution in [-0.4, -0.2) is 22.7 Å². The highest BCUT2D eigenvalue weighted by atomic mass is 16.5. The first kappa shape index (κ1) is 14.3. The van der Waals surface area contributed by atoms with Crippen LogP contribution in [0.25, 0.3) is 0 Å². The Labute approximate surface area is 126 Å². The maximum atomic E-state index is 5.55. The summed E-state index contributed by atoms with van der Waals surface area (Å²) in [6.45, 7) is 3.15. The molecule has 4 nitrogen and oxygen atoms in total. The molecule has 0 aliphatic heterocycles. The molecule has 0 spiro atoms. The van der Waals surface area contributed by atoms with Crippen molar-refractivity contribution in [2.45, 2.75) is 51.0 Å². The number of likely N-dealkylation sites (N-methyl/N-ethyl adjacent to an activating group) is 1. The van der Waals surface area contributed by atoms with Crippen LogP contribution in [0.3, 0.4) is 0 Å². The van der Waals surface area contributed by atoms with E-state index in [-0.39, 0.29) is 0 Å². The fourth-order valence-electron chi connectivity index (χ4n) is 3.20. The Morgan fingerprint density at radius 2 is 2.00 bits per heavy atom. The van der Waals surface area contributed by atoms with Gasteiger partial charge in [0.15, 0.2) is 5.82 Å². The molecule has 0 amide bonds. The van der Waals surface area contributed by atoms with Gasteiger partial charge >= 0.3 is 0 Å². The number of nitrogens with zero attached hydrogens (tertiary/aromatic N) is 2. The Bertz CT molecular complexity index is 550. The van der Waals surface area contributed by atoms with E-state index in [0.29, 0.717) is 12.0 Å². The van der Waals surface area contributed by atoms with Crippen LogP contribution in [0.4, 0.5) is 0 Å². The van der Waals surface area contributed by atoms with Crippen LogP contribution in [0.15, 0.2) is 34.9 Å². The lowest BCUT2D eigenvalue weighted by molar-refractivity contribution is 0.264. The zero-order valence-electron chi connectivity index (χ0n) is 12.6. The van der Waals surface area contributed by atoms with Crippen LogP contribution in [0.1, 0.15) is 55.8 Å². The summed E-state index contributed by atoms with van der Waals surface area (Å²) in [6.07, 6.45) is 5.63.